The minimum Gasteiger partial charge on any atom is -0.395 e. The molecular weight excluding hydrogens is 576 g/mol. The maximum Gasteiger partial charge on any atom is 0.241 e. The predicted octanol–water partition coefficient (Wildman–Crippen LogP) is 3.66. The smallest absolute Gasteiger partial charge is 0.241 e. The van der Waals surface area contributed by atoms with Crippen molar-refractivity contribution in [3.63, 3.8) is 0 Å². The lowest BCUT2D eigenvalue weighted by Gasteiger charge is -2.35. The van der Waals surface area contributed by atoms with Gasteiger partial charge >= 0.3 is 0 Å². The van der Waals surface area contributed by atoms with Crippen LogP contribution in [-0.4, -0.2) is 66.9 Å². The van der Waals surface area contributed by atoms with Gasteiger partial charge in [0.05, 0.1) is 34.8 Å². The van der Waals surface area contributed by atoms with Crippen molar-refractivity contribution in [1.29, 1.82) is 0 Å². The molecule has 3 N–H and O–H groups in total. The van der Waals surface area contributed by atoms with Gasteiger partial charge in [0.2, 0.25) is 20.0 Å². The summed E-state index contributed by atoms with van der Waals surface area (Å²) in [4.78, 5) is 2.41. The Morgan fingerprint density at radius 2 is 1.64 bits per heavy atom. The molecule has 2 aromatic carbocycles. The van der Waals surface area contributed by atoms with Gasteiger partial charge in [-0.2, -0.15) is 0 Å². The summed E-state index contributed by atoms with van der Waals surface area (Å²) in [5.74, 6) is 0. The van der Waals surface area contributed by atoms with Crippen molar-refractivity contribution in [2.45, 2.75) is 74.5 Å². The van der Waals surface area contributed by atoms with Gasteiger partial charge in [0.15, 0.2) is 0 Å². The van der Waals surface area contributed by atoms with E-state index in [1.54, 1.807) is 62.0 Å². The van der Waals surface area contributed by atoms with Gasteiger partial charge in [-0.15, -0.1) is 5.10 Å². The Balaban J connectivity index is 1.32. The molecule has 0 atom stereocenters. The molecule has 42 heavy (non-hydrogen) atoms. The lowest BCUT2D eigenvalue weighted by Crippen LogP contribution is -2.40. The second-order valence-corrected chi connectivity index (χ2v) is 16.8. The Morgan fingerprint density at radius 1 is 0.929 bits per heavy atom. The van der Waals surface area contributed by atoms with Crippen LogP contribution in [0.25, 0.3) is 16.9 Å². The molecule has 2 heterocycles. The molecule has 0 radical (unpaired) electrons. The molecule has 1 aliphatic heterocycles. The zero-order valence-electron chi connectivity index (χ0n) is 24.2. The van der Waals surface area contributed by atoms with Crippen molar-refractivity contribution in [3.05, 3.63) is 48.7 Å². The van der Waals surface area contributed by atoms with Crippen LogP contribution >= 0.6 is 0 Å². The number of aliphatic hydroxyl groups excluding tert-OH is 1. The number of rotatable bonds is 9. The Morgan fingerprint density at radius 3 is 2.26 bits per heavy atom. The van der Waals surface area contributed by atoms with Gasteiger partial charge in [-0.05, 0) is 95.0 Å². The number of nitrogens with zero attached hydrogens (tertiary/aromatic N) is 4. The third kappa shape index (κ3) is 5.67. The van der Waals surface area contributed by atoms with Gasteiger partial charge in [0, 0.05) is 24.2 Å². The normalized spacial score (nSPS) is 19.6. The average Bonchev–Trinajstić information content (AvgIpc) is 3.84. The van der Waals surface area contributed by atoms with Crippen molar-refractivity contribution in [3.8, 4) is 16.9 Å². The van der Waals surface area contributed by atoms with Crippen LogP contribution in [0.3, 0.4) is 0 Å². The molecule has 11 nitrogen and oxygen atoms in total. The molecule has 6 rings (SSSR count). The van der Waals surface area contributed by atoms with Crippen LogP contribution in [-0.2, 0) is 20.0 Å². The first kappa shape index (κ1) is 29.1. The van der Waals surface area contributed by atoms with Crippen molar-refractivity contribution < 1.29 is 21.9 Å². The molecule has 0 unspecified atom stereocenters. The van der Waals surface area contributed by atoms with E-state index >= 15 is 0 Å². The van der Waals surface area contributed by atoms with Crippen LogP contribution in [0.5, 0.6) is 0 Å². The molecular formula is C29H38N6O5S2. The largest absolute Gasteiger partial charge is 0.395 e. The van der Waals surface area contributed by atoms with Crippen LogP contribution in [0.2, 0.25) is 0 Å². The Kier molecular flexibility index (Phi) is 6.95. The summed E-state index contributed by atoms with van der Waals surface area (Å²) in [7, 11) is -7.48. The molecule has 2 saturated carbocycles. The second kappa shape index (κ2) is 10.0. The number of aromatic nitrogens is 3. The van der Waals surface area contributed by atoms with Gasteiger partial charge in [0.25, 0.3) is 0 Å². The Bertz CT molecular complexity index is 1710. The molecule has 1 spiro atoms. The monoisotopic (exact) mass is 614 g/mol. The number of hydrogen-bond acceptors (Lipinski definition) is 8. The molecule has 3 fully saturated rings. The molecule has 1 aromatic heterocycles. The summed E-state index contributed by atoms with van der Waals surface area (Å²) in [6, 6.07) is 11.9. The van der Waals surface area contributed by atoms with Crippen LogP contribution in [0.4, 0.5) is 11.4 Å². The fourth-order valence-corrected chi connectivity index (χ4v) is 8.57. The first-order valence-corrected chi connectivity index (χ1v) is 17.3. The number of piperidine rings is 1. The Hall–Kier alpha value is -3.00. The molecule has 1 saturated heterocycles. The van der Waals surface area contributed by atoms with Crippen LogP contribution in [0.15, 0.2) is 53.6 Å². The highest BCUT2D eigenvalue weighted by atomic mass is 32.2. The van der Waals surface area contributed by atoms with E-state index in [9.17, 15) is 21.9 Å². The summed E-state index contributed by atoms with van der Waals surface area (Å²) in [5.41, 5.74) is 2.96. The molecule has 3 aliphatic rings. The minimum absolute atomic E-state index is 0.139. The highest BCUT2D eigenvalue weighted by molar-refractivity contribution is 7.94. The van der Waals surface area contributed by atoms with Gasteiger partial charge in [-0.3, -0.25) is 4.72 Å². The lowest BCUT2D eigenvalue weighted by molar-refractivity contribution is 0.284. The molecule has 0 amide bonds. The lowest BCUT2D eigenvalue weighted by atomic mass is 9.93. The molecule has 3 aromatic rings. The Labute approximate surface area is 247 Å². The molecule has 226 valence electrons. The second-order valence-electron chi connectivity index (χ2n) is 13.1. The van der Waals surface area contributed by atoms with E-state index in [0.29, 0.717) is 35.2 Å². The summed E-state index contributed by atoms with van der Waals surface area (Å²) < 4.78 is 57.8. The van der Waals surface area contributed by atoms with E-state index in [1.807, 2.05) is 12.1 Å². The average molecular weight is 615 g/mol. The SMILES string of the molecule is CC(C)(C)NS(=O)(=O)c1cccc(-c2cn(-c3ccc(NS(=O)(=O)C4(CO)CC4)cc3N3CCC4(CC3)CC4)nn2)c1. The number of anilines is 2. The number of benzene rings is 2. The number of sulfonamides is 2. The molecule has 13 heteroatoms. The van der Waals surface area contributed by atoms with Gasteiger partial charge in [-0.1, -0.05) is 17.3 Å². The van der Waals surface area contributed by atoms with Crippen molar-refractivity contribution in [2.24, 2.45) is 5.41 Å². The summed E-state index contributed by atoms with van der Waals surface area (Å²) >= 11 is 0. The van der Waals surface area contributed by atoms with Crippen molar-refractivity contribution in [1.82, 2.24) is 19.7 Å². The van der Waals surface area contributed by atoms with Crippen molar-refractivity contribution >= 4 is 31.4 Å². The fraction of sp³-hybridized carbons (Fsp3) is 0.517. The maximum absolute atomic E-state index is 13.0. The van der Waals surface area contributed by atoms with E-state index in [-0.39, 0.29) is 4.90 Å². The summed E-state index contributed by atoms with van der Waals surface area (Å²) in [6.45, 7) is 6.67. The third-order valence-electron chi connectivity index (χ3n) is 8.64. The fourth-order valence-electron chi connectivity index (χ4n) is 5.65. The quantitative estimate of drug-likeness (QED) is 0.331. The first-order chi connectivity index (χ1) is 19.7. The number of aliphatic hydroxyl groups is 1. The van der Waals surface area contributed by atoms with E-state index in [1.165, 1.54) is 12.8 Å². The maximum atomic E-state index is 13.0. The number of nitrogens with one attached hydrogen (secondary N) is 2. The zero-order chi connectivity index (χ0) is 30.0. The molecule has 2 aliphatic carbocycles. The third-order valence-corrected chi connectivity index (χ3v) is 12.6. The van der Waals surface area contributed by atoms with E-state index in [4.69, 9.17) is 0 Å². The van der Waals surface area contributed by atoms with Crippen LogP contribution < -0.4 is 14.3 Å². The zero-order valence-corrected chi connectivity index (χ0v) is 25.8. The first-order valence-electron chi connectivity index (χ1n) is 14.3. The molecule has 0 bridgehead atoms. The van der Waals surface area contributed by atoms with Crippen LogP contribution in [0, 0.1) is 5.41 Å². The highest BCUT2D eigenvalue weighted by Crippen LogP contribution is 2.54. The van der Waals surface area contributed by atoms with Gasteiger partial charge in [0.1, 0.15) is 10.4 Å². The van der Waals surface area contributed by atoms with Gasteiger partial charge < -0.3 is 10.0 Å². The van der Waals surface area contributed by atoms with Crippen molar-refractivity contribution in [2.75, 3.05) is 29.3 Å². The van der Waals surface area contributed by atoms with E-state index in [0.717, 1.165) is 37.3 Å². The van der Waals surface area contributed by atoms with Crippen LogP contribution in [0.1, 0.15) is 59.3 Å². The minimum atomic E-state index is -3.75. The van der Waals surface area contributed by atoms with E-state index in [2.05, 4.69) is 24.7 Å². The summed E-state index contributed by atoms with van der Waals surface area (Å²) in [5, 5.41) is 18.4. The predicted molar refractivity (Wildman–Crippen MR) is 162 cm³/mol. The number of hydrogen-bond donors (Lipinski definition) is 3. The summed E-state index contributed by atoms with van der Waals surface area (Å²) in [6.07, 6.45) is 7.34. The van der Waals surface area contributed by atoms with E-state index < -0.39 is 36.9 Å². The topological polar surface area (TPSA) is 147 Å². The highest BCUT2D eigenvalue weighted by Gasteiger charge is 2.54. The standard InChI is InChI=1S/C29H38N6O5S2/c1-27(2,3)32-41(37,38)23-6-4-5-21(17-23)24-19-35(33-30-24)25-8-7-22(31-42(39,40)29(20-36)11-12-29)18-26(25)34-15-13-28(9-10-28)14-16-34/h4-8,17-19,31-32,36H,9-16,20H2,1-3H3. The van der Waals surface area contributed by atoms with Gasteiger partial charge in [-0.25, -0.2) is 26.2 Å².